The molecule has 2 amide bonds. The van der Waals surface area contributed by atoms with E-state index in [4.69, 9.17) is 33.3 Å². The molecule has 1 heterocycles. The number of fused-ring (bicyclic) bond motifs is 1. The summed E-state index contributed by atoms with van der Waals surface area (Å²) >= 11 is 11.4. The molecular formula is C25H21ClN2O4S. The Labute approximate surface area is 201 Å². The van der Waals surface area contributed by atoms with Crippen molar-refractivity contribution < 1.29 is 19.1 Å². The Morgan fingerprint density at radius 3 is 2.48 bits per heavy atom. The normalized spacial score (nSPS) is 13.5. The van der Waals surface area contributed by atoms with E-state index in [2.05, 4.69) is 34.9 Å². The van der Waals surface area contributed by atoms with Crippen molar-refractivity contribution in [2.24, 2.45) is 0 Å². The summed E-state index contributed by atoms with van der Waals surface area (Å²) in [7, 11) is 0. The van der Waals surface area contributed by atoms with Crippen molar-refractivity contribution in [2.75, 3.05) is 6.61 Å². The van der Waals surface area contributed by atoms with Gasteiger partial charge in [0.05, 0.1) is 11.6 Å². The molecule has 3 aromatic rings. The minimum Gasteiger partial charge on any atom is -0.490 e. The summed E-state index contributed by atoms with van der Waals surface area (Å²) in [5.41, 5.74) is 2.60. The number of hydrogen-bond donors (Lipinski definition) is 2. The Morgan fingerprint density at radius 2 is 1.76 bits per heavy atom. The summed E-state index contributed by atoms with van der Waals surface area (Å²) < 4.78 is 11.9. The molecule has 168 valence electrons. The Kier molecular flexibility index (Phi) is 6.62. The first-order chi connectivity index (χ1) is 15.9. The van der Waals surface area contributed by atoms with Crippen LogP contribution in [0.1, 0.15) is 23.6 Å². The molecule has 0 radical (unpaired) electrons. The van der Waals surface area contributed by atoms with E-state index in [0.717, 1.165) is 21.9 Å². The summed E-state index contributed by atoms with van der Waals surface area (Å²) in [5, 5.41) is 7.33. The number of hydrogen-bond acceptors (Lipinski definition) is 5. The lowest BCUT2D eigenvalue weighted by Crippen LogP contribution is -2.51. The van der Waals surface area contributed by atoms with Gasteiger partial charge in [-0.3, -0.25) is 20.2 Å². The first-order valence-electron chi connectivity index (χ1n) is 10.3. The van der Waals surface area contributed by atoms with Crippen LogP contribution in [0.2, 0.25) is 5.02 Å². The highest BCUT2D eigenvalue weighted by molar-refractivity contribution is 7.80. The van der Waals surface area contributed by atoms with E-state index in [1.165, 1.54) is 6.08 Å². The van der Waals surface area contributed by atoms with Crippen molar-refractivity contribution in [2.45, 2.75) is 20.5 Å². The largest absolute Gasteiger partial charge is 0.490 e. The van der Waals surface area contributed by atoms with E-state index in [-0.39, 0.29) is 10.7 Å². The molecule has 0 spiro atoms. The lowest BCUT2D eigenvalue weighted by molar-refractivity contribution is -0.123. The van der Waals surface area contributed by atoms with Crippen LogP contribution in [-0.4, -0.2) is 23.5 Å². The third kappa shape index (κ3) is 4.84. The summed E-state index contributed by atoms with van der Waals surface area (Å²) in [4.78, 5) is 24.3. The smallest absolute Gasteiger partial charge is 0.263 e. The van der Waals surface area contributed by atoms with Gasteiger partial charge in [0.2, 0.25) is 0 Å². The minimum atomic E-state index is -0.579. The molecule has 0 bridgehead atoms. The van der Waals surface area contributed by atoms with Crippen LogP contribution in [-0.2, 0) is 16.2 Å². The van der Waals surface area contributed by atoms with Gasteiger partial charge in [0.25, 0.3) is 11.8 Å². The molecule has 1 aliphatic heterocycles. The molecular weight excluding hydrogens is 460 g/mol. The number of rotatable bonds is 6. The molecule has 0 saturated carbocycles. The van der Waals surface area contributed by atoms with Crippen LogP contribution in [0, 0.1) is 6.92 Å². The van der Waals surface area contributed by atoms with Gasteiger partial charge in [0.1, 0.15) is 12.2 Å². The van der Waals surface area contributed by atoms with Crippen LogP contribution in [0.25, 0.3) is 16.8 Å². The van der Waals surface area contributed by atoms with E-state index >= 15 is 0 Å². The number of carbonyl (C=O) groups excluding carboxylic acids is 2. The van der Waals surface area contributed by atoms with Crippen LogP contribution in [0.3, 0.4) is 0 Å². The van der Waals surface area contributed by atoms with Crippen molar-refractivity contribution in [1.82, 2.24) is 10.6 Å². The molecule has 33 heavy (non-hydrogen) atoms. The second kappa shape index (κ2) is 9.60. The zero-order valence-electron chi connectivity index (χ0n) is 18.0. The molecule has 4 rings (SSSR count). The van der Waals surface area contributed by atoms with Crippen molar-refractivity contribution in [3.8, 4) is 11.5 Å². The fraction of sp³-hybridized carbons (Fsp3) is 0.160. The lowest BCUT2D eigenvalue weighted by atomic mass is 10.0. The SMILES string of the molecule is CCOc1cc(C=C2C(=O)NC(=S)NC2=O)cc(Cl)c1OCc1c(C)ccc2ccccc12. The standard InChI is InChI=1S/C25H21ClN2O4S/c1-3-31-21-12-15(10-18-23(29)27-25(33)28-24(18)30)11-20(26)22(21)32-13-19-14(2)8-9-16-6-4-5-7-17(16)19/h4-12H,3,13H2,1-2H3,(H2,27,28,29,30,33). The molecule has 0 aromatic heterocycles. The van der Waals surface area contributed by atoms with Crippen molar-refractivity contribution in [3.05, 3.63) is 75.8 Å². The summed E-state index contributed by atoms with van der Waals surface area (Å²) in [6.07, 6.45) is 1.43. The number of thiocarbonyl (C=S) groups is 1. The minimum absolute atomic E-state index is 0.0253. The highest BCUT2D eigenvalue weighted by Gasteiger charge is 2.26. The van der Waals surface area contributed by atoms with Crippen LogP contribution < -0.4 is 20.1 Å². The topological polar surface area (TPSA) is 76.7 Å². The average Bonchev–Trinajstić information content (AvgIpc) is 2.77. The molecule has 1 fully saturated rings. The number of aryl methyl sites for hydroxylation is 1. The molecule has 8 heteroatoms. The second-order valence-corrected chi connectivity index (χ2v) is 8.24. The Hall–Kier alpha value is -3.42. The van der Waals surface area contributed by atoms with E-state index in [0.29, 0.717) is 35.3 Å². The van der Waals surface area contributed by atoms with Gasteiger partial charge in [0.15, 0.2) is 16.6 Å². The van der Waals surface area contributed by atoms with Gasteiger partial charge in [-0.25, -0.2) is 0 Å². The number of carbonyl (C=O) groups is 2. The highest BCUT2D eigenvalue weighted by atomic mass is 35.5. The van der Waals surface area contributed by atoms with E-state index in [9.17, 15) is 9.59 Å². The molecule has 6 nitrogen and oxygen atoms in total. The molecule has 0 atom stereocenters. The molecule has 1 aliphatic rings. The highest BCUT2D eigenvalue weighted by Crippen LogP contribution is 2.38. The number of benzene rings is 3. The van der Waals surface area contributed by atoms with E-state index in [1.807, 2.05) is 26.0 Å². The molecule has 2 N–H and O–H groups in total. The lowest BCUT2D eigenvalue weighted by Gasteiger charge is -2.18. The first kappa shape index (κ1) is 22.8. The van der Waals surface area contributed by atoms with Gasteiger partial charge in [0, 0.05) is 5.56 Å². The third-order valence-electron chi connectivity index (χ3n) is 5.22. The predicted molar refractivity (Wildman–Crippen MR) is 132 cm³/mol. The van der Waals surface area contributed by atoms with Crippen molar-refractivity contribution in [1.29, 1.82) is 0 Å². The third-order valence-corrected chi connectivity index (χ3v) is 5.71. The maximum absolute atomic E-state index is 12.2. The fourth-order valence-corrected chi connectivity index (χ4v) is 4.09. The van der Waals surface area contributed by atoms with Gasteiger partial charge in [-0.1, -0.05) is 48.0 Å². The number of amides is 2. The number of ether oxygens (including phenoxy) is 2. The predicted octanol–water partition coefficient (Wildman–Crippen LogP) is 4.69. The maximum Gasteiger partial charge on any atom is 0.263 e. The van der Waals surface area contributed by atoms with E-state index in [1.54, 1.807) is 12.1 Å². The van der Waals surface area contributed by atoms with Crippen LogP contribution in [0.4, 0.5) is 0 Å². The molecule has 1 saturated heterocycles. The maximum atomic E-state index is 12.2. The fourth-order valence-electron chi connectivity index (χ4n) is 3.63. The van der Waals surface area contributed by atoms with Gasteiger partial charge < -0.3 is 9.47 Å². The van der Waals surface area contributed by atoms with E-state index < -0.39 is 11.8 Å². The summed E-state index contributed by atoms with van der Waals surface area (Å²) in [6, 6.07) is 15.6. The Morgan fingerprint density at radius 1 is 1.03 bits per heavy atom. The average molecular weight is 481 g/mol. The zero-order chi connectivity index (χ0) is 23.5. The van der Waals surface area contributed by atoms with Crippen LogP contribution in [0.15, 0.2) is 54.1 Å². The Balaban J connectivity index is 1.67. The summed E-state index contributed by atoms with van der Waals surface area (Å²) in [6.45, 7) is 4.57. The molecule has 0 unspecified atom stereocenters. The van der Waals surface area contributed by atoms with Crippen LogP contribution >= 0.6 is 23.8 Å². The summed E-state index contributed by atoms with van der Waals surface area (Å²) in [5.74, 6) is -0.345. The van der Waals surface area contributed by atoms with Gasteiger partial charge >= 0.3 is 0 Å². The van der Waals surface area contributed by atoms with Gasteiger partial charge in [-0.05, 0) is 66.2 Å². The quantitative estimate of drug-likeness (QED) is 0.304. The Bertz CT molecular complexity index is 1300. The molecule has 0 aliphatic carbocycles. The number of halogens is 1. The second-order valence-electron chi connectivity index (χ2n) is 7.43. The van der Waals surface area contributed by atoms with Crippen molar-refractivity contribution in [3.63, 3.8) is 0 Å². The monoisotopic (exact) mass is 480 g/mol. The zero-order valence-corrected chi connectivity index (χ0v) is 19.6. The van der Waals surface area contributed by atoms with Gasteiger partial charge in [-0.15, -0.1) is 0 Å². The van der Waals surface area contributed by atoms with Crippen LogP contribution in [0.5, 0.6) is 11.5 Å². The van der Waals surface area contributed by atoms with Crippen molar-refractivity contribution >= 4 is 57.6 Å². The number of nitrogens with one attached hydrogen (secondary N) is 2. The molecule has 3 aromatic carbocycles. The van der Waals surface area contributed by atoms with Gasteiger partial charge in [-0.2, -0.15) is 0 Å². The first-order valence-corrected chi connectivity index (χ1v) is 11.1.